The smallest absolute Gasteiger partial charge is 0.338 e. The summed E-state index contributed by atoms with van der Waals surface area (Å²) in [5.41, 5.74) is 0.316. The highest BCUT2D eigenvalue weighted by molar-refractivity contribution is 5.89. The van der Waals surface area contributed by atoms with Crippen molar-refractivity contribution in [3.05, 3.63) is 29.8 Å². The zero-order chi connectivity index (χ0) is 14.1. The second-order valence-corrected chi connectivity index (χ2v) is 4.59. The van der Waals surface area contributed by atoms with E-state index in [0.29, 0.717) is 12.0 Å². The van der Waals surface area contributed by atoms with E-state index in [1.54, 1.807) is 0 Å². The molecule has 0 aromatic heterocycles. The van der Waals surface area contributed by atoms with E-state index in [1.165, 1.54) is 24.3 Å². The molecule has 0 spiro atoms. The number of alkyl halides is 1. The molecule has 0 aliphatic rings. The summed E-state index contributed by atoms with van der Waals surface area (Å²) in [5.74, 6) is -0.480. The van der Waals surface area contributed by atoms with Gasteiger partial charge in [-0.2, -0.15) is 0 Å². The van der Waals surface area contributed by atoms with Crippen LogP contribution in [0.1, 0.15) is 49.4 Å². The third-order valence-corrected chi connectivity index (χ3v) is 2.87. The molecule has 0 saturated heterocycles. The molecule has 0 radical (unpaired) electrons. The Hall–Kier alpha value is -1.58. The van der Waals surface area contributed by atoms with Gasteiger partial charge in [-0.05, 0) is 30.7 Å². The number of hydrogen-bond acceptors (Lipinski definition) is 3. The highest BCUT2D eigenvalue weighted by atomic mass is 19.1. The van der Waals surface area contributed by atoms with E-state index in [2.05, 4.69) is 6.92 Å². The lowest BCUT2D eigenvalue weighted by Crippen LogP contribution is -2.15. The third kappa shape index (κ3) is 6.22. The largest absolute Gasteiger partial charge is 0.508 e. The highest BCUT2D eigenvalue weighted by Gasteiger charge is 2.12. The van der Waals surface area contributed by atoms with E-state index in [-0.39, 0.29) is 12.4 Å². The van der Waals surface area contributed by atoms with Gasteiger partial charge in [0.1, 0.15) is 18.5 Å². The summed E-state index contributed by atoms with van der Waals surface area (Å²) in [6.45, 7) is 1.90. The average Bonchev–Trinajstić information content (AvgIpc) is 2.42. The third-order valence-electron chi connectivity index (χ3n) is 2.87. The van der Waals surface area contributed by atoms with Gasteiger partial charge in [-0.25, -0.2) is 9.18 Å². The van der Waals surface area contributed by atoms with Crippen LogP contribution in [-0.2, 0) is 4.74 Å². The van der Waals surface area contributed by atoms with Crippen LogP contribution in [0.2, 0.25) is 0 Å². The molecule has 1 rings (SSSR count). The standard InChI is InChI=1S/C15H21FO3/c1-2-3-4-5-6-13(16)11-19-15(18)12-7-9-14(17)10-8-12/h7-10,13,17H,2-6,11H2,1H3/t13-/m1/s1. The monoisotopic (exact) mass is 268 g/mol. The number of esters is 1. The number of halogens is 1. The Balaban J connectivity index is 2.24. The number of phenols is 1. The lowest BCUT2D eigenvalue weighted by molar-refractivity contribution is 0.0389. The number of rotatable bonds is 8. The van der Waals surface area contributed by atoms with Crippen LogP contribution in [0.3, 0.4) is 0 Å². The molecule has 106 valence electrons. The van der Waals surface area contributed by atoms with Gasteiger partial charge in [0.15, 0.2) is 0 Å². The first-order chi connectivity index (χ1) is 9.13. The molecule has 0 saturated carbocycles. The van der Waals surface area contributed by atoms with Crippen molar-refractivity contribution >= 4 is 5.97 Å². The maximum absolute atomic E-state index is 13.5. The molecule has 4 heteroatoms. The van der Waals surface area contributed by atoms with Crippen molar-refractivity contribution in [2.45, 2.75) is 45.2 Å². The molecule has 0 unspecified atom stereocenters. The van der Waals surface area contributed by atoms with Crippen molar-refractivity contribution in [2.75, 3.05) is 6.61 Å². The van der Waals surface area contributed by atoms with Crippen molar-refractivity contribution in [3.8, 4) is 5.75 Å². The van der Waals surface area contributed by atoms with Crippen LogP contribution in [-0.4, -0.2) is 23.9 Å². The van der Waals surface area contributed by atoms with E-state index in [9.17, 15) is 9.18 Å². The van der Waals surface area contributed by atoms with Crippen LogP contribution in [0.5, 0.6) is 5.75 Å². The maximum atomic E-state index is 13.5. The Morgan fingerprint density at radius 2 is 1.95 bits per heavy atom. The van der Waals surface area contributed by atoms with Gasteiger partial charge < -0.3 is 9.84 Å². The van der Waals surface area contributed by atoms with Gasteiger partial charge in [0.2, 0.25) is 0 Å². The summed E-state index contributed by atoms with van der Waals surface area (Å²) in [4.78, 5) is 11.6. The van der Waals surface area contributed by atoms with Gasteiger partial charge in [-0.3, -0.25) is 0 Å². The van der Waals surface area contributed by atoms with Crippen molar-refractivity contribution in [3.63, 3.8) is 0 Å². The minimum absolute atomic E-state index is 0.0795. The molecular weight excluding hydrogens is 247 g/mol. The zero-order valence-corrected chi connectivity index (χ0v) is 11.3. The molecule has 19 heavy (non-hydrogen) atoms. The van der Waals surface area contributed by atoms with Crippen molar-refractivity contribution in [1.29, 1.82) is 0 Å². The maximum Gasteiger partial charge on any atom is 0.338 e. The van der Waals surface area contributed by atoms with Gasteiger partial charge in [0, 0.05) is 0 Å². The number of ether oxygens (including phenoxy) is 1. The number of benzene rings is 1. The number of hydrogen-bond donors (Lipinski definition) is 1. The molecule has 1 N–H and O–H groups in total. The normalized spacial score (nSPS) is 12.1. The van der Waals surface area contributed by atoms with Gasteiger partial charge in [-0.1, -0.05) is 32.6 Å². The molecule has 0 aliphatic carbocycles. The van der Waals surface area contributed by atoms with Gasteiger partial charge >= 0.3 is 5.97 Å². The Bertz CT molecular complexity index is 375. The predicted octanol–water partition coefficient (Wildman–Crippen LogP) is 3.86. The lowest BCUT2D eigenvalue weighted by Gasteiger charge is -2.09. The van der Waals surface area contributed by atoms with Gasteiger partial charge in [0.25, 0.3) is 0 Å². The fourth-order valence-corrected chi connectivity index (χ4v) is 1.72. The summed E-state index contributed by atoms with van der Waals surface area (Å²) >= 11 is 0. The van der Waals surface area contributed by atoms with E-state index < -0.39 is 12.1 Å². The second kappa shape index (κ2) is 8.51. The van der Waals surface area contributed by atoms with E-state index in [4.69, 9.17) is 9.84 Å². The van der Waals surface area contributed by atoms with Gasteiger partial charge in [0.05, 0.1) is 5.56 Å². The SMILES string of the molecule is CCCCCC[C@@H](F)COC(=O)c1ccc(O)cc1. The van der Waals surface area contributed by atoms with Crippen LogP contribution < -0.4 is 0 Å². The molecule has 3 nitrogen and oxygen atoms in total. The predicted molar refractivity (Wildman–Crippen MR) is 72.0 cm³/mol. The Morgan fingerprint density at radius 1 is 1.26 bits per heavy atom. The number of carbonyl (C=O) groups excluding carboxylic acids is 1. The summed E-state index contributed by atoms with van der Waals surface area (Å²) in [6, 6.07) is 5.70. The van der Waals surface area contributed by atoms with E-state index in [1.807, 2.05) is 0 Å². The topological polar surface area (TPSA) is 46.5 Å². The minimum atomic E-state index is -1.10. The average molecular weight is 268 g/mol. The zero-order valence-electron chi connectivity index (χ0n) is 11.3. The number of unbranched alkanes of at least 4 members (excludes halogenated alkanes) is 3. The fourth-order valence-electron chi connectivity index (χ4n) is 1.72. The Labute approximate surface area is 113 Å². The Morgan fingerprint density at radius 3 is 2.58 bits per heavy atom. The van der Waals surface area contributed by atoms with Crippen molar-refractivity contribution in [1.82, 2.24) is 0 Å². The summed E-state index contributed by atoms with van der Waals surface area (Å²) in [7, 11) is 0. The van der Waals surface area contributed by atoms with Gasteiger partial charge in [-0.15, -0.1) is 0 Å². The minimum Gasteiger partial charge on any atom is -0.508 e. The summed E-state index contributed by atoms with van der Waals surface area (Å²) in [5, 5.41) is 9.09. The van der Waals surface area contributed by atoms with Crippen LogP contribution in [0.25, 0.3) is 0 Å². The van der Waals surface area contributed by atoms with Crippen LogP contribution in [0.15, 0.2) is 24.3 Å². The molecular formula is C15H21FO3. The first-order valence-electron chi connectivity index (χ1n) is 6.73. The van der Waals surface area contributed by atoms with Crippen LogP contribution in [0, 0.1) is 0 Å². The summed E-state index contributed by atoms with van der Waals surface area (Å²) in [6.07, 6.45) is 3.41. The first kappa shape index (κ1) is 15.5. The molecule has 0 bridgehead atoms. The highest BCUT2D eigenvalue weighted by Crippen LogP contribution is 2.12. The molecule has 0 amide bonds. The molecule has 1 atom stereocenters. The Kier molecular flexibility index (Phi) is 6.93. The van der Waals surface area contributed by atoms with Crippen molar-refractivity contribution in [2.24, 2.45) is 0 Å². The first-order valence-corrected chi connectivity index (χ1v) is 6.73. The number of phenolic OH excluding ortho intramolecular Hbond substituents is 1. The molecule has 0 heterocycles. The summed E-state index contributed by atoms with van der Waals surface area (Å²) < 4.78 is 18.3. The van der Waals surface area contributed by atoms with Crippen LogP contribution in [0.4, 0.5) is 4.39 Å². The number of carbonyl (C=O) groups is 1. The molecule has 1 aromatic rings. The number of aromatic hydroxyl groups is 1. The van der Waals surface area contributed by atoms with Crippen LogP contribution >= 0.6 is 0 Å². The lowest BCUT2D eigenvalue weighted by atomic mass is 10.1. The molecule has 0 aliphatic heterocycles. The fraction of sp³-hybridized carbons (Fsp3) is 0.533. The molecule has 1 aromatic carbocycles. The van der Waals surface area contributed by atoms with Crippen molar-refractivity contribution < 1.29 is 19.0 Å². The second-order valence-electron chi connectivity index (χ2n) is 4.59. The van der Waals surface area contributed by atoms with E-state index in [0.717, 1.165) is 25.7 Å². The quantitative estimate of drug-likeness (QED) is 0.575. The molecule has 0 fully saturated rings. The van der Waals surface area contributed by atoms with E-state index >= 15 is 0 Å².